The number of furan rings is 1. The molecule has 8 aromatic carbocycles. The maximum atomic E-state index is 6.57. The lowest BCUT2D eigenvalue weighted by Crippen LogP contribution is -1.99. The Bertz CT molecular complexity index is 3060. The number of thiophene rings is 1. The van der Waals surface area contributed by atoms with Gasteiger partial charge in [0, 0.05) is 36.8 Å². The van der Waals surface area contributed by atoms with Crippen molar-refractivity contribution < 1.29 is 4.42 Å². The highest BCUT2D eigenvalue weighted by molar-refractivity contribution is 7.26. The van der Waals surface area contributed by atoms with Crippen molar-refractivity contribution in [2.24, 2.45) is 0 Å². The third-order valence-corrected chi connectivity index (χ3v) is 12.1. The number of anilines is 2. The number of benzene rings is 8. The van der Waals surface area contributed by atoms with Crippen molar-refractivity contribution >= 4 is 64.8 Å². The summed E-state index contributed by atoms with van der Waals surface area (Å²) in [7, 11) is 0. The molecule has 1 aliphatic rings. The lowest BCUT2D eigenvalue weighted by molar-refractivity contribution is 0.669. The molecular weight excluding hydrogens is 651 g/mol. The number of nitrogens with one attached hydrogen (secondary N) is 1. The van der Waals surface area contributed by atoms with Gasteiger partial charge in [0.25, 0.3) is 0 Å². The predicted molar refractivity (Wildman–Crippen MR) is 222 cm³/mol. The Hall–Kier alpha value is -6.42. The molecule has 0 amide bonds. The average Bonchev–Trinajstić information content (AvgIpc) is 3.77. The molecule has 52 heavy (non-hydrogen) atoms. The van der Waals surface area contributed by atoms with Gasteiger partial charge in [-0.05, 0) is 99.0 Å². The zero-order valence-corrected chi connectivity index (χ0v) is 29.2. The SMILES string of the molecule is Cc1c2cccc1-c1cccc3oc4cccc(c4c13)Nc1cc(-c3cccc4c3sc3ccccc34)ccc1-c1cc(-c3ccccc3)ccc1-2. The molecule has 0 aliphatic carbocycles. The summed E-state index contributed by atoms with van der Waals surface area (Å²) in [6, 6.07) is 59.6. The van der Waals surface area contributed by atoms with Crippen molar-refractivity contribution in [3.05, 3.63) is 169 Å². The van der Waals surface area contributed by atoms with Crippen molar-refractivity contribution in [2.75, 3.05) is 5.32 Å². The molecule has 2 bridgehead atoms. The second-order valence-electron chi connectivity index (χ2n) is 13.7. The van der Waals surface area contributed by atoms with Crippen LogP contribution in [-0.4, -0.2) is 0 Å². The first-order valence-electron chi connectivity index (χ1n) is 17.8. The molecule has 0 atom stereocenters. The van der Waals surface area contributed by atoms with Gasteiger partial charge in [0.15, 0.2) is 0 Å². The summed E-state index contributed by atoms with van der Waals surface area (Å²) in [4.78, 5) is 0. The molecule has 0 unspecified atom stereocenters. The maximum Gasteiger partial charge on any atom is 0.137 e. The summed E-state index contributed by atoms with van der Waals surface area (Å²) in [6.45, 7) is 2.27. The molecule has 244 valence electrons. The Morgan fingerprint density at radius 1 is 0.423 bits per heavy atom. The Morgan fingerprint density at radius 2 is 1.10 bits per heavy atom. The standard InChI is InChI=1S/C49H31NOS/c1-29-33-14-7-15-34(29)39-17-9-20-44-47(39)48-42(19-10-21-45(48)51-44)50-43-28-32(35-16-8-18-40-38-13-5-6-22-46(38)52-49(35)40)24-26-37(43)41-27-31(23-25-36(33)41)30-11-3-2-4-12-30/h2-28,50H,1H3. The fourth-order valence-corrected chi connectivity index (χ4v) is 9.63. The monoisotopic (exact) mass is 681 g/mol. The van der Waals surface area contributed by atoms with E-state index in [-0.39, 0.29) is 0 Å². The summed E-state index contributed by atoms with van der Waals surface area (Å²) < 4.78 is 9.18. The highest BCUT2D eigenvalue weighted by Crippen LogP contribution is 2.48. The number of hydrogen-bond acceptors (Lipinski definition) is 3. The largest absolute Gasteiger partial charge is 0.456 e. The van der Waals surface area contributed by atoms with E-state index >= 15 is 0 Å². The fraction of sp³-hybridized carbons (Fsp3) is 0.0204. The molecule has 2 nitrogen and oxygen atoms in total. The van der Waals surface area contributed by atoms with Crippen LogP contribution < -0.4 is 5.32 Å². The third kappa shape index (κ3) is 4.36. The van der Waals surface area contributed by atoms with E-state index in [1.54, 1.807) is 0 Å². The summed E-state index contributed by atoms with van der Waals surface area (Å²) in [5.41, 5.74) is 17.1. The molecule has 0 fully saturated rings. The van der Waals surface area contributed by atoms with Crippen LogP contribution in [0.15, 0.2) is 168 Å². The first-order chi connectivity index (χ1) is 25.7. The molecule has 0 radical (unpaired) electrons. The highest BCUT2D eigenvalue weighted by atomic mass is 32.1. The van der Waals surface area contributed by atoms with E-state index in [1.165, 1.54) is 75.8 Å². The lowest BCUT2D eigenvalue weighted by atomic mass is 9.85. The van der Waals surface area contributed by atoms with Crippen LogP contribution in [0.5, 0.6) is 0 Å². The maximum absolute atomic E-state index is 6.57. The van der Waals surface area contributed by atoms with E-state index in [0.717, 1.165) is 38.9 Å². The molecule has 1 aliphatic heterocycles. The van der Waals surface area contributed by atoms with Gasteiger partial charge in [0.2, 0.25) is 0 Å². The van der Waals surface area contributed by atoms with Gasteiger partial charge in [0.05, 0.1) is 11.1 Å². The normalized spacial score (nSPS) is 12.1. The summed E-state index contributed by atoms with van der Waals surface area (Å²) in [5, 5.41) is 8.84. The first kappa shape index (κ1) is 29.3. The molecule has 0 saturated heterocycles. The van der Waals surface area contributed by atoms with Crippen molar-refractivity contribution in [1.29, 1.82) is 0 Å². The van der Waals surface area contributed by atoms with Crippen molar-refractivity contribution in [3.63, 3.8) is 0 Å². The van der Waals surface area contributed by atoms with Gasteiger partial charge in [-0.3, -0.25) is 0 Å². The first-order valence-corrected chi connectivity index (χ1v) is 18.6. The quantitative estimate of drug-likeness (QED) is 0.196. The van der Waals surface area contributed by atoms with E-state index in [1.807, 2.05) is 11.3 Å². The molecule has 3 heteroatoms. The third-order valence-electron chi connectivity index (χ3n) is 10.9. The predicted octanol–water partition coefficient (Wildman–Crippen LogP) is 14.7. The number of rotatable bonds is 2. The topological polar surface area (TPSA) is 25.2 Å². The van der Waals surface area contributed by atoms with Crippen LogP contribution in [0.4, 0.5) is 11.4 Å². The smallest absolute Gasteiger partial charge is 0.137 e. The molecule has 0 spiro atoms. The van der Waals surface area contributed by atoms with E-state index in [2.05, 4.69) is 176 Å². The fourth-order valence-electron chi connectivity index (χ4n) is 8.40. The van der Waals surface area contributed by atoms with Crippen LogP contribution in [0, 0.1) is 6.92 Å². The van der Waals surface area contributed by atoms with Crippen LogP contribution in [0.2, 0.25) is 0 Å². The van der Waals surface area contributed by atoms with E-state index in [0.29, 0.717) is 0 Å². The molecule has 3 heterocycles. The summed E-state index contributed by atoms with van der Waals surface area (Å²) in [5.74, 6) is 0. The van der Waals surface area contributed by atoms with Gasteiger partial charge in [0.1, 0.15) is 11.2 Å². The molecule has 1 N–H and O–H groups in total. The van der Waals surface area contributed by atoms with Crippen LogP contribution in [-0.2, 0) is 0 Å². The van der Waals surface area contributed by atoms with Crippen molar-refractivity contribution in [2.45, 2.75) is 6.92 Å². The van der Waals surface area contributed by atoms with Crippen LogP contribution in [0.3, 0.4) is 0 Å². The molecule has 10 aromatic rings. The Labute approximate surface area is 305 Å². The van der Waals surface area contributed by atoms with Gasteiger partial charge >= 0.3 is 0 Å². The lowest BCUT2D eigenvalue weighted by Gasteiger charge is -2.22. The molecular formula is C49H31NOS. The second-order valence-corrected chi connectivity index (χ2v) is 14.8. The van der Waals surface area contributed by atoms with Gasteiger partial charge in [-0.1, -0.05) is 127 Å². The Kier molecular flexibility index (Phi) is 6.37. The van der Waals surface area contributed by atoms with E-state index < -0.39 is 0 Å². The summed E-state index contributed by atoms with van der Waals surface area (Å²) in [6.07, 6.45) is 0. The van der Waals surface area contributed by atoms with Crippen LogP contribution in [0.1, 0.15) is 5.56 Å². The van der Waals surface area contributed by atoms with E-state index in [4.69, 9.17) is 4.42 Å². The van der Waals surface area contributed by atoms with Gasteiger partial charge in [-0.25, -0.2) is 0 Å². The van der Waals surface area contributed by atoms with Crippen LogP contribution in [0.25, 0.3) is 97.7 Å². The second kappa shape index (κ2) is 11.3. The Balaban J connectivity index is 1.25. The van der Waals surface area contributed by atoms with E-state index in [9.17, 15) is 0 Å². The zero-order valence-electron chi connectivity index (χ0n) is 28.4. The molecule has 0 saturated carbocycles. The van der Waals surface area contributed by atoms with Crippen LogP contribution >= 0.6 is 11.3 Å². The minimum atomic E-state index is 0.873. The number of hydrogen-bond donors (Lipinski definition) is 1. The van der Waals surface area contributed by atoms with Gasteiger partial charge in [-0.15, -0.1) is 11.3 Å². The zero-order chi connectivity index (χ0) is 34.3. The minimum absolute atomic E-state index is 0.873. The number of fused-ring (bicyclic) bond motifs is 10. The Morgan fingerprint density at radius 3 is 2.00 bits per heavy atom. The minimum Gasteiger partial charge on any atom is -0.456 e. The van der Waals surface area contributed by atoms with Crippen molar-refractivity contribution in [1.82, 2.24) is 0 Å². The molecule has 2 aromatic heterocycles. The average molecular weight is 682 g/mol. The highest BCUT2D eigenvalue weighted by Gasteiger charge is 2.23. The molecule has 11 rings (SSSR count). The van der Waals surface area contributed by atoms with Gasteiger partial charge in [-0.2, -0.15) is 0 Å². The van der Waals surface area contributed by atoms with Gasteiger partial charge < -0.3 is 9.73 Å². The summed E-state index contributed by atoms with van der Waals surface area (Å²) >= 11 is 1.87. The van der Waals surface area contributed by atoms with Crippen molar-refractivity contribution in [3.8, 4) is 55.6 Å².